The number of halogens is 1. The van der Waals surface area contributed by atoms with Gasteiger partial charge in [0.2, 0.25) is 0 Å². The molecule has 0 saturated heterocycles. The highest BCUT2D eigenvalue weighted by atomic mass is 32.1. The van der Waals surface area contributed by atoms with Gasteiger partial charge in [0.1, 0.15) is 5.82 Å². The van der Waals surface area contributed by atoms with Crippen molar-refractivity contribution in [2.45, 2.75) is 19.8 Å². The monoisotopic (exact) mass is 302 g/mol. The molecule has 2 nitrogen and oxygen atoms in total. The summed E-state index contributed by atoms with van der Waals surface area (Å²) < 4.78 is 12.8. The Morgan fingerprint density at radius 3 is 2.57 bits per heavy atom. The molecule has 0 aliphatic carbocycles. The van der Waals surface area contributed by atoms with E-state index in [2.05, 4.69) is 29.7 Å². The average Bonchev–Trinajstić information content (AvgIpc) is 2.49. The second kappa shape index (κ2) is 7.74. The molecule has 4 heteroatoms. The van der Waals surface area contributed by atoms with Crippen LogP contribution in [0.2, 0.25) is 0 Å². The van der Waals surface area contributed by atoms with Crippen LogP contribution in [0.25, 0.3) is 0 Å². The van der Waals surface area contributed by atoms with Crippen molar-refractivity contribution in [1.82, 2.24) is 5.32 Å². The molecule has 2 aromatic rings. The predicted molar refractivity (Wildman–Crippen MR) is 90.1 cm³/mol. The fraction of sp³-hybridized carbons (Fsp3) is 0.235. The van der Waals surface area contributed by atoms with Crippen LogP contribution in [-0.2, 0) is 12.8 Å². The number of rotatable bonds is 5. The lowest BCUT2D eigenvalue weighted by Crippen LogP contribution is -2.30. The van der Waals surface area contributed by atoms with Crippen molar-refractivity contribution in [2.75, 3.05) is 11.9 Å². The first kappa shape index (κ1) is 15.4. The Labute approximate surface area is 130 Å². The minimum absolute atomic E-state index is 0.209. The molecule has 0 fully saturated rings. The van der Waals surface area contributed by atoms with Gasteiger partial charge in [0, 0.05) is 12.2 Å². The third-order valence-electron chi connectivity index (χ3n) is 3.21. The van der Waals surface area contributed by atoms with E-state index in [1.54, 1.807) is 12.1 Å². The third kappa shape index (κ3) is 5.16. The fourth-order valence-electron chi connectivity index (χ4n) is 2.02. The predicted octanol–water partition coefficient (Wildman–Crippen LogP) is 3.92. The lowest BCUT2D eigenvalue weighted by Gasteiger charge is -2.11. The number of benzene rings is 2. The molecule has 0 unspecified atom stereocenters. The topological polar surface area (TPSA) is 24.1 Å². The van der Waals surface area contributed by atoms with E-state index in [-0.39, 0.29) is 5.82 Å². The summed E-state index contributed by atoms with van der Waals surface area (Å²) >= 11 is 5.27. The number of nitrogens with one attached hydrogen (secondary N) is 2. The van der Waals surface area contributed by atoms with Gasteiger partial charge < -0.3 is 10.6 Å². The molecule has 0 aliphatic rings. The Morgan fingerprint density at radius 2 is 1.86 bits per heavy atom. The van der Waals surface area contributed by atoms with Gasteiger partial charge in [-0.3, -0.25) is 0 Å². The van der Waals surface area contributed by atoms with Crippen molar-refractivity contribution in [3.63, 3.8) is 0 Å². The molecule has 2 N–H and O–H groups in total. The first-order valence-corrected chi connectivity index (χ1v) is 7.46. The first-order valence-electron chi connectivity index (χ1n) is 7.05. The minimum Gasteiger partial charge on any atom is -0.362 e. The molecule has 0 aliphatic heterocycles. The van der Waals surface area contributed by atoms with E-state index in [1.165, 1.54) is 17.7 Å². The average molecular weight is 302 g/mol. The zero-order valence-corrected chi connectivity index (χ0v) is 12.8. The molecule has 0 heterocycles. The first-order chi connectivity index (χ1) is 10.2. The molecule has 0 saturated carbocycles. The Morgan fingerprint density at radius 1 is 1.10 bits per heavy atom. The number of anilines is 1. The molecule has 0 radical (unpaired) electrons. The second-order valence-corrected chi connectivity index (χ2v) is 5.22. The van der Waals surface area contributed by atoms with Gasteiger partial charge in [0.25, 0.3) is 0 Å². The van der Waals surface area contributed by atoms with E-state index in [0.717, 1.165) is 24.1 Å². The Balaban J connectivity index is 1.78. The van der Waals surface area contributed by atoms with Crippen LogP contribution < -0.4 is 10.6 Å². The number of hydrogen-bond donors (Lipinski definition) is 2. The van der Waals surface area contributed by atoms with E-state index >= 15 is 0 Å². The van der Waals surface area contributed by atoms with Crippen molar-refractivity contribution in [2.24, 2.45) is 0 Å². The zero-order chi connectivity index (χ0) is 15.1. The normalized spacial score (nSPS) is 10.2. The SMILES string of the molecule is CCc1cccc(NC(=S)NCCc2ccc(F)cc2)c1. The van der Waals surface area contributed by atoms with E-state index in [1.807, 2.05) is 12.1 Å². The van der Waals surface area contributed by atoms with Gasteiger partial charge >= 0.3 is 0 Å². The molecule has 0 amide bonds. The Bertz CT molecular complexity index is 596. The molecule has 0 atom stereocenters. The van der Waals surface area contributed by atoms with Crippen molar-refractivity contribution in [3.05, 3.63) is 65.5 Å². The maximum atomic E-state index is 12.8. The summed E-state index contributed by atoms with van der Waals surface area (Å²) in [5.41, 5.74) is 3.35. The van der Waals surface area contributed by atoms with E-state index < -0.39 is 0 Å². The quantitative estimate of drug-likeness (QED) is 0.819. The summed E-state index contributed by atoms with van der Waals surface area (Å²) in [5.74, 6) is -0.209. The Kier molecular flexibility index (Phi) is 5.69. The molecular formula is C17H19FN2S. The summed E-state index contributed by atoms with van der Waals surface area (Å²) in [6, 6.07) is 14.7. The number of hydrogen-bond acceptors (Lipinski definition) is 1. The van der Waals surface area contributed by atoms with Crippen LogP contribution in [0.15, 0.2) is 48.5 Å². The van der Waals surface area contributed by atoms with Crippen LogP contribution in [-0.4, -0.2) is 11.7 Å². The summed E-state index contributed by atoms with van der Waals surface area (Å²) in [6.07, 6.45) is 1.80. The highest BCUT2D eigenvalue weighted by Gasteiger charge is 1.99. The third-order valence-corrected chi connectivity index (χ3v) is 3.45. The van der Waals surface area contributed by atoms with Crippen molar-refractivity contribution in [1.29, 1.82) is 0 Å². The van der Waals surface area contributed by atoms with Crippen LogP contribution in [0.5, 0.6) is 0 Å². The molecule has 110 valence electrons. The van der Waals surface area contributed by atoms with Crippen LogP contribution in [0.4, 0.5) is 10.1 Å². The highest BCUT2D eigenvalue weighted by molar-refractivity contribution is 7.80. The van der Waals surface area contributed by atoms with Gasteiger partial charge in [-0.2, -0.15) is 0 Å². The smallest absolute Gasteiger partial charge is 0.170 e. The molecule has 2 aromatic carbocycles. The van der Waals surface area contributed by atoms with Gasteiger partial charge in [0.15, 0.2) is 5.11 Å². The zero-order valence-electron chi connectivity index (χ0n) is 12.0. The summed E-state index contributed by atoms with van der Waals surface area (Å²) in [7, 11) is 0. The number of thiocarbonyl (C=S) groups is 1. The van der Waals surface area contributed by atoms with Crippen LogP contribution in [0.3, 0.4) is 0 Å². The fourth-order valence-corrected chi connectivity index (χ4v) is 2.24. The van der Waals surface area contributed by atoms with E-state index in [0.29, 0.717) is 11.7 Å². The summed E-state index contributed by atoms with van der Waals surface area (Å²) in [5, 5.41) is 6.93. The van der Waals surface area contributed by atoms with Gasteiger partial charge in [-0.1, -0.05) is 31.2 Å². The molecule has 0 bridgehead atoms. The van der Waals surface area contributed by atoms with Gasteiger partial charge in [-0.15, -0.1) is 0 Å². The van der Waals surface area contributed by atoms with Crippen molar-refractivity contribution >= 4 is 23.0 Å². The molecule has 21 heavy (non-hydrogen) atoms. The van der Waals surface area contributed by atoms with Gasteiger partial charge in [-0.05, 0) is 60.5 Å². The highest BCUT2D eigenvalue weighted by Crippen LogP contribution is 2.10. The van der Waals surface area contributed by atoms with Crippen molar-refractivity contribution < 1.29 is 4.39 Å². The lowest BCUT2D eigenvalue weighted by atomic mass is 10.1. The maximum Gasteiger partial charge on any atom is 0.170 e. The standard InChI is InChI=1S/C17H19FN2S/c1-2-13-4-3-5-16(12-13)20-17(21)19-11-10-14-6-8-15(18)9-7-14/h3-9,12H,2,10-11H2,1H3,(H2,19,20,21). The molecular weight excluding hydrogens is 283 g/mol. The molecule has 2 rings (SSSR count). The van der Waals surface area contributed by atoms with Gasteiger partial charge in [-0.25, -0.2) is 4.39 Å². The van der Waals surface area contributed by atoms with E-state index in [9.17, 15) is 4.39 Å². The Hall–Kier alpha value is -1.94. The summed E-state index contributed by atoms with van der Waals surface area (Å²) in [4.78, 5) is 0. The largest absolute Gasteiger partial charge is 0.362 e. The van der Waals surface area contributed by atoms with Crippen molar-refractivity contribution in [3.8, 4) is 0 Å². The van der Waals surface area contributed by atoms with Gasteiger partial charge in [0.05, 0.1) is 0 Å². The summed E-state index contributed by atoms with van der Waals surface area (Å²) in [6.45, 7) is 2.84. The van der Waals surface area contributed by atoms with Crippen LogP contribution in [0, 0.1) is 5.82 Å². The molecule has 0 spiro atoms. The molecule has 0 aromatic heterocycles. The second-order valence-electron chi connectivity index (χ2n) is 4.81. The maximum absolute atomic E-state index is 12.8. The van der Waals surface area contributed by atoms with Crippen LogP contribution >= 0.6 is 12.2 Å². The van der Waals surface area contributed by atoms with Crippen LogP contribution in [0.1, 0.15) is 18.1 Å². The minimum atomic E-state index is -0.209. The van der Waals surface area contributed by atoms with E-state index in [4.69, 9.17) is 12.2 Å². The number of aryl methyl sites for hydroxylation is 1. The lowest BCUT2D eigenvalue weighted by molar-refractivity contribution is 0.627.